The highest BCUT2D eigenvalue weighted by molar-refractivity contribution is 7.12. The van der Waals surface area contributed by atoms with Crippen LogP contribution >= 0.6 is 22.7 Å². The van der Waals surface area contributed by atoms with Gasteiger partial charge in [-0.2, -0.15) is 0 Å². The summed E-state index contributed by atoms with van der Waals surface area (Å²) in [6.07, 6.45) is 3.53. The van der Waals surface area contributed by atoms with Crippen molar-refractivity contribution in [3.05, 3.63) is 63.0 Å². The fourth-order valence-corrected chi connectivity index (χ4v) is 3.99. The molecule has 1 N–H and O–H groups in total. The number of ether oxygens (including phenoxy) is 1. The Balaban J connectivity index is 1.75. The molecule has 0 aromatic carbocycles. The van der Waals surface area contributed by atoms with E-state index in [1.807, 2.05) is 28.4 Å². The second kappa shape index (κ2) is 6.66. The lowest BCUT2D eigenvalue weighted by atomic mass is 10.0. The molecule has 0 radical (unpaired) electrons. The Morgan fingerprint density at radius 1 is 1.30 bits per heavy atom. The molecule has 3 heterocycles. The number of nitrogens with zero attached hydrogens (tertiary/aromatic N) is 2. The van der Waals surface area contributed by atoms with Gasteiger partial charge in [0, 0.05) is 12.4 Å². The van der Waals surface area contributed by atoms with Crippen LogP contribution in [0, 0.1) is 6.92 Å². The number of carbonyl (C=O) groups excluding carboxylic acids is 1. The average molecular weight is 348 g/mol. The number of hydrogen-bond donors (Lipinski definition) is 1. The Morgan fingerprint density at radius 2 is 1.96 bits per heavy atom. The number of carbonyl (C=O) groups is 1. The van der Waals surface area contributed by atoms with Crippen molar-refractivity contribution in [2.45, 2.75) is 19.1 Å². The summed E-state index contributed by atoms with van der Waals surface area (Å²) in [4.78, 5) is 17.8. The molecular weight excluding hydrogens is 332 g/mol. The van der Waals surface area contributed by atoms with Crippen LogP contribution in [0.25, 0.3) is 0 Å². The standard InChI is InChI=1S/C16H16N2O3S2/c1-12-17-6-7-18(12)8-9-21-15(19)16(20,13-4-2-10-22-13)14-5-3-11-23-14/h2-7,10-11,20H,8-9H2,1H3. The lowest BCUT2D eigenvalue weighted by Crippen LogP contribution is -2.37. The summed E-state index contributed by atoms with van der Waals surface area (Å²) in [6, 6.07) is 7.10. The molecular formula is C16H16N2O3S2. The maximum absolute atomic E-state index is 12.6. The third kappa shape index (κ3) is 3.08. The zero-order chi connectivity index (χ0) is 16.3. The Hall–Kier alpha value is -1.96. The van der Waals surface area contributed by atoms with E-state index >= 15 is 0 Å². The maximum atomic E-state index is 12.6. The van der Waals surface area contributed by atoms with E-state index in [-0.39, 0.29) is 6.61 Å². The zero-order valence-electron chi connectivity index (χ0n) is 12.5. The lowest BCUT2D eigenvalue weighted by Gasteiger charge is -2.23. The van der Waals surface area contributed by atoms with Crippen molar-refractivity contribution in [3.63, 3.8) is 0 Å². The summed E-state index contributed by atoms with van der Waals surface area (Å²) in [5, 5.41) is 14.7. The number of rotatable bonds is 6. The molecule has 3 rings (SSSR count). The fraction of sp³-hybridized carbons (Fsp3) is 0.250. The van der Waals surface area contributed by atoms with E-state index in [1.165, 1.54) is 22.7 Å². The number of aromatic nitrogens is 2. The normalized spacial score (nSPS) is 11.6. The summed E-state index contributed by atoms with van der Waals surface area (Å²) in [5.41, 5.74) is -1.74. The number of aryl methyl sites for hydroxylation is 1. The van der Waals surface area contributed by atoms with Gasteiger partial charge in [-0.15, -0.1) is 22.7 Å². The second-order valence-corrected chi connectivity index (χ2v) is 6.86. The molecule has 0 spiro atoms. The van der Waals surface area contributed by atoms with Crippen molar-refractivity contribution in [1.82, 2.24) is 9.55 Å². The number of thiophene rings is 2. The predicted octanol–water partition coefficient (Wildman–Crippen LogP) is 2.79. The summed E-state index contributed by atoms with van der Waals surface area (Å²) < 4.78 is 7.25. The lowest BCUT2D eigenvalue weighted by molar-refractivity contribution is -0.161. The Kier molecular flexibility index (Phi) is 4.61. The monoisotopic (exact) mass is 348 g/mol. The Labute approximate surface area is 141 Å². The largest absolute Gasteiger partial charge is 0.461 e. The van der Waals surface area contributed by atoms with E-state index in [9.17, 15) is 9.90 Å². The van der Waals surface area contributed by atoms with Crippen LogP contribution in [0.15, 0.2) is 47.4 Å². The van der Waals surface area contributed by atoms with E-state index in [1.54, 1.807) is 30.5 Å². The molecule has 5 nitrogen and oxygen atoms in total. The second-order valence-electron chi connectivity index (χ2n) is 4.97. The number of aliphatic hydroxyl groups is 1. The first kappa shape index (κ1) is 15.9. The van der Waals surface area contributed by atoms with Crippen LogP contribution in [0.1, 0.15) is 15.6 Å². The van der Waals surface area contributed by atoms with E-state index in [2.05, 4.69) is 4.98 Å². The van der Waals surface area contributed by atoms with Gasteiger partial charge < -0.3 is 14.4 Å². The number of hydrogen-bond acceptors (Lipinski definition) is 6. The molecule has 0 bridgehead atoms. The predicted molar refractivity (Wildman–Crippen MR) is 89.6 cm³/mol. The third-order valence-electron chi connectivity index (χ3n) is 3.54. The van der Waals surface area contributed by atoms with Crippen LogP contribution in [0.2, 0.25) is 0 Å². The van der Waals surface area contributed by atoms with Crippen LogP contribution in [-0.4, -0.2) is 27.2 Å². The van der Waals surface area contributed by atoms with Gasteiger partial charge in [-0.1, -0.05) is 12.1 Å². The SMILES string of the molecule is Cc1nccn1CCOC(=O)C(O)(c1cccs1)c1cccs1. The highest BCUT2D eigenvalue weighted by atomic mass is 32.1. The highest BCUT2D eigenvalue weighted by Gasteiger charge is 2.43. The molecule has 0 saturated heterocycles. The van der Waals surface area contributed by atoms with Crippen LogP contribution in [0.5, 0.6) is 0 Å². The minimum atomic E-state index is -1.74. The van der Waals surface area contributed by atoms with Crippen molar-refractivity contribution in [2.24, 2.45) is 0 Å². The molecule has 120 valence electrons. The van der Waals surface area contributed by atoms with Crippen LogP contribution in [0.4, 0.5) is 0 Å². The van der Waals surface area contributed by atoms with E-state index in [0.29, 0.717) is 16.3 Å². The van der Waals surface area contributed by atoms with Crippen LogP contribution in [0.3, 0.4) is 0 Å². The van der Waals surface area contributed by atoms with Crippen molar-refractivity contribution in [2.75, 3.05) is 6.61 Å². The maximum Gasteiger partial charge on any atom is 0.349 e. The number of imidazole rings is 1. The Morgan fingerprint density at radius 3 is 2.43 bits per heavy atom. The van der Waals surface area contributed by atoms with Crippen LogP contribution < -0.4 is 0 Å². The zero-order valence-corrected chi connectivity index (χ0v) is 14.1. The molecule has 3 aromatic heterocycles. The van der Waals surface area contributed by atoms with Gasteiger partial charge in [-0.05, 0) is 29.8 Å². The highest BCUT2D eigenvalue weighted by Crippen LogP contribution is 2.36. The Bertz CT molecular complexity index is 729. The molecule has 0 fully saturated rings. The quantitative estimate of drug-likeness (QED) is 0.696. The molecule has 0 aliphatic carbocycles. The van der Waals surface area contributed by atoms with Crippen LogP contribution in [-0.2, 0) is 21.7 Å². The first-order valence-corrected chi connectivity index (χ1v) is 8.83. The molecule has 0 amide bonds. The summed E-state index contributed by atoms with van der Waals surface area (Å²) in [7, 11) is 0. The number of esters is 1. The van der Waals surface area contributed by atoms with Gasteiger partial charge in [-0.3, -0.25) is 0 Å². The van der Waals surface area contributed by atoms with Gasteiger partial charge >= 0.3 is 5.97 Å². The summed E-state index contributed by atoms with van der Waals surface area (Å²) in [6.45, 7) is 2.56. The molecule has 0 unspecified atom stereocenters. The smallest absolute Gasteiger partial charge is 0.349 e. The molecule has 0 aliphatic heterocycles. The minimum absolute atomic E-state index is 0.176. The molecule has 7 heteroatoms. The summed E-state index contributed by atoms with van der Waals surface area (Å²) in [5.74, 6) is 0.202. The van der Waals surface area contributed by atoms with Gasteiger partial charge in [0.05, 0.1) is 16.3 Å². The van der Waals surface area contributed by atoms with E-state index < -0.39 is 11.6 Å². The van der Waals surface area contributed by atoms with Crippen molar-refractivity contribution in [3.8, 4) is 0 Å². The van der Waals surface area contributed by atoms with Gasteiger partial charge in [0.2, 0.25) is 5.60 Å². The molecule has 0 aliphatic rings. The van der Waals surface area contributed by atoms with Gasteiger partial charge in [-0.25, -0.2) is 9.78 Å². The van der Waals surface area contributed by atoms with Gasteiger partial charge in [0.1, 0.15) is 12.4 Å². The molecule has 23 heavy (non-hydrogen) atoms. The summed E-state index contributed by atoms with van der Waals surface area (Å²) >= 11 is 2.66. The molecule has 0 saturated carbocycles. The van der Waals surface area contributed by atoms with Crippen molar-refractivity contribution in [1.29, 1.82) is 0 Å². The van der Waals surface area contributed by atoms with Crippen molar-refractivity contribution >= 4 is 28.6 Å². The molecule has 0 atom stereocenters. The van der Waals surface area contributed by atoms with Gasteiger partial charge in [0.25, 0.3) is 0 Å². The van der Waals surface area contributed by atoms with Crippen molar-refractivity contribution < 1.29 is 14.6 Å². The molecule has 3 aromatic rings. The average Bonchev–Trinajstić information content (AvgIpc) is 3.29. The first-order chi connectivity index (χ1) is 11.1. The topological polar surface area (TPSA) is 64.4 Å². The fourth-order valence-electron chi connectivity index (χ4n) is 2.27. The van der Waals surface area contributed by atoms with E-state index in [4.69, 9.17) is 4.74 Å². The third-order valence-corrected chi connectivity index (χ3v) is 5.50. The van der Waals surface area contributed by atoms with Gasteiger partial charge in [0.15, 0.2) is 0 Å². The van der Waals surface area contributed by atoms with E-state index in [0.717, 1.165) is 5.82 Å². The first-order valence-electron chi connectivity index (χ1n) is 7.07. The minimum Gasteiger partial charge on any atom is -0.461 e.